The first-order valence-electron chi connectivity index (χ1n) is 12.1. The molecule has 2 aliphatic heterocycles. The van der Waals surface area contributed by atoms with Crippen LogP contribution >= 0.6 is 35.0 Å². The maximum absolute atomic E-state index is 13.9. The standard InChI is InChI=1S/C27H20Cl2F3N3O4S/c28-16-7-6-15(10-17(16)29)40-27-24(36)23(25-21(38-27)12-37-26(39-25)13-4-2-1-3-5-13)35-11-20(33-34-35)14-8-18(30)22(32)19(31)9-14/h1-11,21,23-27,36H,12H2/t21?,23-,24?,25+,26?,27-/m1/s1. The van der Waals surface area contributed by atoms with E-state index < -0.39 is 53.5 Å². The second-order valence-electron chi connectivity index (χ2n) is 9.23. The minimum absolute atomic E-state index is 0.0162. The lowest BCUT2D eigenvalue weighted by atomic mass is 9.96. The van der Waals surface area contributed by atoms with Crippen LogP contribution < -0.4 is 0 Å². The summed E-state index contributed by atoms with van der Waals surface area (Å²) in [5, 5.41) is 20.5. The maximum atomic E-state index is 13.9. The van der Waals surface area contributed by atoms with Crippen molar-refractivity contribution in [1.82, 2.24) is 15.0 Å². The highest BCUT2D eigenvalue weighted by molar-refractivity contribution is 7.99. The summed E-state index contributed by atoms with van der Waals surface area (Å²) in [6, 6.07) is 15.2. The minimum atomic E-state index is -1.58. The molecule has 0 saturated carbocycles. The van der Waals surface area contributed by atoms with Crippen LogP contribution in [0.5, 0.6) is 0 Å². The molecule has 13 heteroatoms. The second-order valence-corrected chi connectivity index (χ2v) is 11.2. The Labute approximate surface area is 240 Å². The average Bonchev–Trinajstić information content (AvgIpc) is 3.44. The number of rotatable bonds is 5. The van der Waals surface area contributed by atoms with Gasteiger partial charge in [0.2, 0.25) is 0 Å². The molecule has 0 aliphatic carbocycles. The Bertz CT molecular complexity index is 1510. The van der Waals surface area contributed by atoms with Gasteiger partial charge in [-0.3, -0.25) is 0 Å². The van der Waals surface area contributed by atoms with Gasteiger partial charge in [0.15, 0.2) is 23.7 Å². The lowest BCUT2D eigenvalue weighted by Crippen LogP contribution is -2.58. The molecule has 3 heterocycles. The van der Waals surface area contributed by atoms with Crippen molar-refractivity contribution in [2.45, 2.75) is 41.0 Å². The largest absolute Gasteiger partial charge is 0.387 e. The molecule has 3 unspecified atom stereocenters. The zero-order valence-corrected chi connectivity index (χ0v) is 22.7. The van der Waals surface area contributed by atoms with Crippen molar-refractivity contribution >= 4 is 35.0 Å². The van der Waals surface area contributed by atoms with Crippen molar-refractivity contribution in [3.8, 4) is 11.3 Å². The van der Waals surface area contributed by atoms with Gasteiger partial charge in [0, 0.05) is 16.0 Å². The summed E-state index contributed by atoms with van der Waals surface area (Å²) >= 11 is 13.5. The summed E-state index contributed by atoms with van der Waals surface area (Å²) in [5.41, 5.74) is 0.0290. The number of hydrogen-bond acceptors (Lipinski definition) is 7. The smallest absolute Gasteiger partial charge is 0.194 e. The summed E-state index contributed by atoms with van der Waals surface area (Å²) in [7, 11) is 0. The maximum Gasteiger partial charge on any atom is 0.194 e. The predicted octanol–water partition coefficient (Wildman–Crippen LogP) is 6.20. The molecular formula is C27H20Cl2F3N3O4S. The molecule has 2 fully saturated rings. The van der Waals surface area contributed by atoms with E-state index >= 15 is 0 Å². The van der Waals surface area contributed by atoms with Crippen LogP contribution in [0.3, 0.4) is 0 Å². The van der Waals surface area contributed by atoms with Crippen molar-refractivity contribution in [2.75, 3.05) is 6.61 Å². The zero-order chi connectivity index (χ0) is 28.0. The quantitative estimate of drug-likeness (QED) is 0.270. The van der Waals surface area contributed by atoms with E-state index in [4.69, 9.17) is 37.4 Å². The molecule has 6 atom stereocenters. The lowest BCUT2D eigenvalue weighted by Gasteiger charge is -2.47. The van der Waals surface area contributed by atoms with E-state index in [0.29, 0.717) is 14.9 Å². The van der Waals surface area contributed by atoms with E-state index in [1.165, 1.54) is 22.6 Å². The molecule has 0 radical (unpaired) electrons. The van der Waals surface area contributed by atoms with Crippen LogP contribution in [0.25, 0.3) is 11.3 Å². The van der Waals surface area contributed by atoms with Crippen molar-refractivity contribution in [2.24, 2.45) is 0 Å². The number of nitrogens with zero attached hydrogens (tertiary/aromatic N) is 3. The predicted molar refractivity (Wildman–Crippen MR) is 141 cm³/mol. The number of fused-ring (bicyclic) bond motifs is 1. The molecule has 0 spiro atoms. The molecule has 40 heavy (non-hydrogen) atoms. The van der Waals surface area contributed by atoms with Gasteiger partial charge in [-0.1, -0.05) is 70.5 Å². The molecular weight excluding hydrogens is 590 g/mol. The number of benzene rings is 3. The summed E-state index contributed by atoms with van der Waals surface area (Å²) in [6.07, 6.45) is -1.85. The second kappa shape index (κ2) is 11.3. The van der Waals surface area contributed by atoms with Crippen molar-refractivity contribution in [3.05, 3.63) is 99.9 Å². The van der Waals surface area contributed by atoms with Gasteiger partial charge in [0.1, 0.15) is 35.5 Å². The van der Waals surface area contributed by atoms with Gasteiger partial charge in [-0.05, 0) is 30.3 Å². The number of hydrogen-bond donors (Lipinski definition) is 1. The molecule has 3 aromatic carbocycles. The van der Waals surface area contributed by atoms with Gasteiger partial charge in [0.25, 0.3) is 0 Å². The van der Waals surface area contributed by atoms with E-state index in [1.807, 2.05) is 30.3 Å². The first-order valence-corrected chi connectivity index (χ1v) is 13.8. The van der Waals surface area contributed by atoms with Gasteiger partial charge in [0.05, 0.1) is 22.8 Å². The molecule has 6 rings (SSSR count). The Kier molecular flexibility index (Phi) is 7.79. The van der Waals surface area contributed by atoms with Gasteiger partial charge in [-0.2, -0.15) is 0 Å². The van der Waals surface area contributed by atoms with Crippen LogP contribution in [0.15, 0.2) is 71.8 Å². The fourth-order valence-corrected chi connectivity index (χ4v) is 6.17. The molecule has 7 nitrogen and oxygen atoms in total. The van der Waals surface area contributed by atoms with Crippen LogP contribution in [0.2, 0.25) is 10.0 Å². The molecule has 0 bridgehead atoms. The van der Waals surface area contributed by atoms with Crippen molar-refractivity contribution in [1.29, 1.82) is 0 Å². The highest BCUT2D eigenvalue weighted by atomic mass is 35.5. The van der Waals surface area contributed by atoms with E-state index in [1.54, 1.807) is 18.2 Å². The summed E-state index contributed by atoms with van der Waals surface area (Å²) < 4.78 is 61.2. The fourth-order valence-electron chi connectivity index (χ4n) is 4.70. The van der Waals surface area contributed by atoms with Crippen LogP contribution in [-0.4, -0.2) is 50.5 Å². The fraction of sp³-hybridized carbons (Fsp3) is 0.259. The molecule has 2 saturated heterocycles. The summed E-state index contributed by atoms with van der Waals surface area (Å²) in [6.45, 7) is 0.155. The normalized spacial score (nSPS) is 26.4. The number of aliphatic hydroxyl groups is 1. The van der Waals surface area contributed by atoms with Crippen LogP contribution in [0.4, 0.5) is 13.2 Å². The topological polar surface area (TPSA) is 78.6 Å². The Morgan fingerprint density at radius 2 is 1.70 bits per heavy atom. The average molecular weight is 610 g/mol. The number of halogens is 5. The first-order chi connectivity index (χ1) is 19.3. The van der Waals surface area contributed by atoms with Gasteiger partial charge in [-0.15, -0.1) is 5.10 Å². The zero-order valence-electron chi connectivity index (χ0n) is 20.3. The molecule has 0 amide bonds. The van der Waals surface area contributed by atoms with Crippen molar-refractivity contribution in [3.63, 3.8) is 0 Å². The number of thioether (sulfide) groups is 1. The van der Waals surface area contributed by atoms with E-state index in [-0.39, 0.29) is 17.9 Å². The minimum Gasteiger partial charge on any atom is -0.387 e. The third-order valence-corrected chi connectivity index (χ3v) is 8.53. The van der Waals surface area contributed by atoms with E-state index in [0.717, 1.165) is 17.7 Å². The first kappa shape index (κ1) is 27.5. The number of ether oxygens (including phenoxy) is 3. The van der Waals surface area contributed by atoms with Crippen LogP contribution in [-0.2, 0) is 14.2 Å². The van der Waals surface area contributed by atoms with E-state index in [9.17, 15) is 18.3 Å². The Hall–Kier alpha value is -2.64. The summed E-state index contributed by atoms with van der Waals surface area (Å²) in [4.78, 5) is 0.701. The molecule has 1 N–H and O–H groups in total. The lowest BCUT2D eigenvalue weighted by molar-refractivity contribution is -0.306. The SMILES string of the molecule is OC1[C@@H](Sc2ccc(Cl)c(Cl)c2)OC2COC(c3ccccc3)O[C@@H]2[C@@H]1n1cc(-c2cc(F)c(F)c(F)c2)nn1. The summed E-state index contributed by atoms with van der Waals surface area (Å²) in [5.74, 6) is -4.29. The van der Waals surface area contributed by atoms with E-state index in [2.05, 4.69) is 10.3 Å². The Morgan fingerprint density at radius 1 is 0.950 bits per heavy atom. The monoisotopic (exact) mass is 609 g/mol. The third kappa shape index (κ3) is 5.35. The Morgan fingerprint density at radius 3 is 2.42 bits per heavy atom. The molecule has 1 aromatic heterocycles. The van der Waals surface area contributed by atoms with Gasteiger partial charge >= 0.3 is 0 Å². The molecule has 4 aromatic rings. The van der Waals surface area contributed by atoms with Gasteiger partial charge in [-0.25, -0.2) is 17.9 Å². The highest BCUT2D eigenvalue weighted by Gasteiger charge is 2.51. The van der Waals surface area contributed by atoms with Crippen LogP contribution in [0, 0.1) is 17.5 Å². The van der Waals surface area contributed by atoms with Crippen molar-refractivity contribution < 1.29 is 32.5 Å². The molecule has 2 aliphatic rings. The van der Waals surface area contributed by atoms with Crippen LogP contribution in [0.1, 0.15) is 17.9 Å². The molecule has 208 valence electrons. The number of aromatic nitrogens is 3. The highest BCUT2D eigenvalue weighted by Crippen LogP contribution is 2.44. The van der Waals surface area contributed by atoms with Gasteiger partial charge < -0.3 is 19.3 Å². The third-order valence-electron chi connectivity index (χ3n) is 6.64. The number of aliphatic hydroxyl groups excluding tert-OH is 1. The Balaban J connectivity index is 1.34.